The van der Waals surface area contributed by atoms with Gasteiger partial charge in [0.2, 0.25) is 5.88 Å². The number of halogens is 1. The molecule has 1 heterocycles. The molecule has 2 rings (SSSR count). The molecule has 0 saturated heterocycles. The molecule has 0 atom stereocenters. The van der Waals surface area contributed by atoms with Gasteiger partial charge in [0.15, 0.2) is 5.75 Å². The molecular weight excluding hydrogens is 433 g/mol. The SMILES string of the molecule is CCOC(=O)/C=C/CCOc1cnc(OCc2ccccc2)cc1I. The Morgan fingerprint density at radius 2 is 2.04 bits per heavy atom. The molecule has 0 radical (unpaired) electrons. The summed E-state index contributed by atoms with van der Waals surface area (Å²) in [5.74, 6) is 0.915. The van der Waals surface area contributed by atoms with Crippen molar-refractivity contribution >= 4 is 28.6 Å². The van der Waals surface area contributed by atoms with E-state index in [4.69, 9.17) is 14.2 Å². The van der Waals surface area contributed by atoms with Crippen molar-refractivity contribution < 1.29 is 19.0 Å². The molecule has 25 heavy (non-hydrogen) atoms. The smallest absolute Gasteiger partial charge is 0.330 e. The molecule has 0 N–H and O–H groups in total. The van der Waals surface area contributed by atoms with E-state index in [0.29, 0.717) is 37.9 Å². The first-order chi connectivity index (χ1) is 12.2. The van der Waals surface area contributed by atoms with Crippen molar-refractivity contribution in [3.63, 3.8) is 0 Å². The van der Waals surface area contributed by atoms with E-state index in [1.165, 1.54) is 6.08 Å². The van der Waals surface area contributed by atoms with Crippen LogP contribution in [0.4, 0.5) is 0 Å². The first-order valence-corrected chi connectivity index (χ1v) is 9.05. The summed E-state index contributed by atoms with van der Waals surface area (Å²) in [6, 6.07) is 11.8. The summed E-state index contributed by atoms with van der Waals surface area (Å²) in [4.78, 5) is 15.4. The lowest BCUT2D eigenvalue weighted by Crippen LogP contribution is -2.02. The van der Waals surface area contributed by atoms with Crippen molar-refractivity contribution in [2.75, 3.05) is 13.2 Å². The number of rotatable bonds is 9. The highest BCUT2D eigenvalue weighted by Crippen LogP contribution is 2.24. The van der Waals surface area contributed by atoms with Crippen molar-refractivity contribution in [2.45, 2.75) is 20.0 Å². The molecule has 6 heteroatoms. The first-order valence-electron chi connectivity index (χ1n) is 7.97. The van der Waals surface area contributed by atoms with E-state index in [9.17, 15) is 4.79 Å². The minimum atomic E-state index is -0.335. The third-order valence-electron chi connectivity index (χ3n) is 3.11. The number of nitrogens with zero attached hydrogens (tertiary/aromatic N) is 1. The van der Waals surface area contributed by atoms with Gasteiger partial charge >= 0.3 is 5.97 Å². The van der Waals surface area contributed by atoms with E-state index in [2.05, 4.69) is 27.6 Å². The van der Waals surface area contributed by atoms with Gasteiger partial charge in [0.25, 0.3) is 0 Å². The van der Waals surface area contributed by atoms with E-state index in [1.54, 1.807) is 19.2 Å². The highest BCUT2D eigenvalue weighted by molar-refractivity contribution is 14.1. The number of esters is 1. The zero-order valence-corrected chi connectivity index (χ0v) is 16.1. The Morgan fingerprint density at radius 3 is 2.76 bits per heavy atom. The third-order valence-corrected chi connectivity index (χ3v) is 3.95. The van der Waals surface area contributed by atoms with E-state index in [-0.39, 0.29) is 5.97 Å². The molecule has 2 aromatic rings. The van der Waals surface area contributed by atoms with Crippen LogP contribution in [0.5, 0.6) is 11.6 Å². The number of hydrogen-bond donors (Lipinski definition) is 0. The lowest BCUT2D eigenvalue weighted by atomic mass is 10.2. The van der Waals surface area contributed by atoms with Gasteiger partial charge in [-0.25, -0.2) is 9.78 Å². The van der Waals surface area contributed by atoms with Crippen LogP contribution >= 0.6 is 22.6 Å². The van der Waals surface area contributed by atoms with E-state index >= 15 is 0 Å². The average molecular weight is 453 g/mol. The van der Waals surface area contributed by atoms with Crippen molar-refractivity contribution in [3.8, 4) is 11.6 Å². The van der Waals surface area contributed by atoms with Crippen LogP contribution < -0.4 is 9.47 Å². The maximum Gasteiger partial charge on any atom is 0.330 e. The van der Waals surface area contributed by atoms with Gasteiger partial charge < -0.3 is 14.2 Å². The van der Waals surface area contributed by atoms with Gasteiger partial charge in [-0.3, -0.25) is 0 Å². The molecule has 132 valence electrons. The summed E-state index contributed by atoms with van der Waals surface area (Å²) in [5, 5.41) is 0. The highest BCUT2D eigenvalue weighted by Gasteiger charge is 2.05. The van der Waals surface area contributed by atoms with E-state index in [0.717, 1.165) is 9.13 Å². The Balaban J connectivity index is 1.78. The highest BCUT2D eigenvalue weighted by atomic mass is 127. The molecule has 0 amide bonds. The quantitative estimate of drug-likeness (QED) is 0.247. The summed E-state index contributed by atoms with van der Waals surface area (Å²) in [5.41, 5.74) is 1.09. The van der Waals surface area contributed by atoms with Gasteiger partial charge in [0, 0.05) is 12.1 Å². The Bertz CT molecular complexity index is 704. The van der Waals surface area contributed by atoms with Crippen LogP contribution in [0.2, 0.25) is 0 Å². The predicted molar refractivity (Wildman–Crippen MR) is 104 cm³/mol. The average Bonchev–Trinajstić information content (AvgIpc) is 2.62. The fourth-order valence-electron chi connectivity index (χ4n) is 1.92. The number of ether oxygens (including phenoxy) is 3. The van der Waals surface area contributed by atoms with E-state index < -0.39 is 0 Å². The lowest BCUT2D eigenvalue weighted by molar-refractivity contribution is -0.137. The molecule has 0 unspecified atom stereocenters. The molecule has 0 bridgehead atoms. The topological polar surface area (TPSA) is 57.7 Å². The van der Waals surface area contributed by atoms with Crippen LogP contribution in [0.25, 0.3) is 0 Å². The normalized spacial score (nSPS) is 10.6. The number of aromatic nitrogens is 1. The standard InChI is InChI=1S/C19H20INO4/c1-2-23-19(22)10-6-7-11-24-17-13-21-18(12-16(17)20)25-14-15-8-4-3-5-9-15/h3-6,8-10,12-13H,2,7,11,14H2,1H3/b10-6+. The number of benzene rings is 1. The summed E-state index contributed by atoms with van der Waals surface area (Å²) in [6.07, 6.45) is 5.41. The Labute approximate surface area is 161 Å². The maximum absolute atomic E-state index is 11.2. The van der Waals surface area contributed by atoms with E-state index in [1.807, 2.05) is 36.4 Å². The molecule has 0 saturated carbocycles. The predicted octanol–water partition coefficient (Wildman–Crippen LogP) is 4.15. The molecule has 0 fully saturated rings. The molecule has 0 aliphatic carbocycles. The monoisotopic (exact) mass is 453 g/mol. The Morgan fingerprint density at radius 1 is 1.24 bits per heavy atom. The second-order valence-electron chi connectivity index (χ2n) is 5.02. The van der Waals surface area contributed by atoms with Gasteiger partial charge in [-0.2, -0.15) is 0 Å². The van der Waals surface area contributed by atoms with Crippen LogP contribution in [0.3, 0.4) is 0 Å². The molecule has 1 aromatic carbocycles. The lowest BCUT2D eigenvalue weighted by Gasteiger charge is -2.09. The zero-order chi connectivity index (χ0) is 17.9. The molecule has 0 aliphatic heterocycles. The number of carbonyl (C=O) groups is 1. The molecule has 5 nitrogen and oxygen atoms in total. The Kier molecular flexibility index (Phi) is 8.24. The summed E-state index contributed by atoms with van der Waals surface area (Å²) in [6.45, 7) is 3.08. The van der Waals surface area contributed by atoms with Crippen molar-refractivity contribution in [3.05, 3.63) is 63.9 Å². The van der Waals surface area contributed by atoms with Gasteiger partial charge in [0.1, 0.15) is 6.61 Å². The van der Waals surface area contributed by atoms with Gasteiger partial charge in [0.05, 0.1) is 23.0 Å². The number of pyridine rings is 1. The van der Waals surface area contributed by atoms with Gasteiger partial charge in [-0.1, -0.05) is 36.4 Å². The molecular formula is C19H20INO4. The second kappa shape index (κ2) is 10.7. The van der Waals surface area contributed by atoms with Crippen molar-refractivity contribution in [1.29, 1.82) is 0 Å². The largest absolute Gasteiger partial charge is 0.491 e. The minimum absolute atomic E-state index is 0.335. The van der Waals surface area contributed by atoms with Crippen LogP contribution in [0.15, 0.2) is 54.7 Å². The van der Waals surface area contributed by atoms with Crippen LogP contribution in [0, 0.1) is 3.57 Å². The maximum atomic E-state index is 11.2. The summed E-state index contributed by atoms with van der Waals surface area (Å²) < 4.78 is 17.1. The number of carbonyl (C=O) groups excluding carboxylic acids is 1. The molecule has 1 aromatic heterocycles. The number of hydrogen-bond acceptors (Lipinski definition) is 5. The molecule has 0 spiro atoms. The van der Waals surface area contributed by atoms with Gasteiger partial charge in [-0.05, 0) is 41.5 Å². The minimum Gasteiger partial charge on any atom is -0.491 e. The van der Waals surface area contributed by atoms with Gasteiger partial charge in [-0.15, -0.1) is 0 Å². The zero-order valence-electron chi connectivity index (χ0n) is 14.0. The molecule has 0 aliphatic rings. The fourth-order valence-corrected chi connectivity index (χ4v) is 2.49. The first kappa shape index (κ1) is 19.2. The van der Waals surface area contributed by atoms with Crippen LogP contribution in [-0.2, 0) is 16.1 Å². The van der Waals surface area contributed by atoms with Crippen molar-refractivity contribution in [1.82, 2.24) is 4.98 Å². The summed E-state index contributed by atoms with van der Waals surface area (Å²) >= 11 is 2.19. The van der Waals surface area contributed by atoms with Crippen LogP contribution in [0.1, 0.15) is 18.9 Å². The fraction of sp³-hybridized carbons (Fsp3) is 0.263. The second-order valence-corrected chi connectivity index (χ2v) is 6.18. The third kappa shape index (κ3) is 7.13. The summed E-state index contributed by atoms with van der Waals surface area (Å²) in [7, 11) is 0. The van der Waals surface area contributed by atoms with Crippen LogP contribution in [-0.4, -0.2) is 24.2 Å². The van der Waals surface area contributed by atoms with Crippen molar-refractivity contribution in [2.24, 2.45) is 0 Å². The Hall–Kier alpha value is -2.09.